The van der Waals surface area contributed by atoms with Crippen molar-refractivity contribution in [2.45, 2.75) is 53.1 Å². The molecule has 8 heteroatoms. The van der Waals surface area contributed by atoms with Crippen LogP contribution in [0, 0.1) is 37.0 Å². The third kappa shape index (κ3) is 5.57. The van der Waals surface area contributed by atoms with Gasteiger partial charge in [-0.1, -0.05) is 0 Å². The van der Waals surface area contributed by atoms with Crippen LogP contribution in [0.5, 0.6) is 0 Å². The number of rotatable bonds is 5. The van der Waals surface area contributed by atoms with E-state index in [-0.39, 0.29) is 17.7 Å². The summed E-state index contributed by atoms with van der Waals surface area (Å²) in [5.74, 6) is 0.265. The van der Waals surface area contributed by atoms with Crippen molar-refractivity contribution < 1.29 is 14.3 Å². The van der Waals surface area contributed by atoms with E-state index in [4.69, 9.17) is 10.00 Å². The third-order valence-corrected chi connectivity index (χ3v) is 6.12. The Hall–Kier alpha value is -3.99. The van der Waals surface area contributed by atoms with Crippen LogP contribution in [0.4, 0.5) is 16.3 Å². The van der Waals surface area contributed by atoms with Gasteiger partial charge in [0.2, 0.25) is 5.91 Å². The molecule has 8 nitrogen and oxygen atoms in total. The molecule has 1 saturated carbocycles. The number of hydrogen-bond acceptors (Lipinski definition) is 6. The predicted octanol–water partition coefficient (Wildman–Crippen LogP) is 5.75. The first-order valence-electron chi connectivity index (χ1n) is 11.6. The van der Waals surface area contributed by atoms with Crippen molar-refractivity contribution >= 4 is 34.3 Å². The van der Waals surface area contributed by atoms with Crippen LogP contribution in [-0.2, 0) is 9.53 Å². The highest BCUT2D eigenvalue weighted by Gasteiger charge is 2.42. The van der Waals surface area contributed by atoms with Crippen molar-refractivity contribution in [2.75, 3.05) is 10.6 Å². The van der Waals surface area contributed by atoms with Gasteiger partial charge in [-0.3, -0.25) is 15.1 Å². The van der Waals surface area contributed by atoms with E-state index in [0.29, 0.717) is 23.3 Å². The van der Waals surface area contributed by atoms with Gasteiger partial charge in [0, 0.05) is 41.9 Å². The molecule has 1 aliphatic rings. The lowest BCUT2D eigenvalue weighted by atomic mass is 9.97. The summed E-state index contributed by atoms with van der Waals surface area (Å²) < 4.78 is 5.46. The van der Waals surface area contributed by atoms with Crippen LogP contribution in [-0.4, -0.2) is 27.6 Å². The summed E-state index contributed by atoms with van der Waals surface area (Å²) in [6.45, 7) is 9.45. The van der Waals surface area contributed by atoms with E-state index < -0.39 is 11.7 Å². The zero-order valence-electron chi connectivity index (χ0n) is 20.6. The van der Waals surface area contributed by atoms with Crippen molar-refractivity contribution in [1.82, 2.24) is 9.97 Å². The number of pyridine rings is 2. The molecule has 1 aromatic carbocycles. The minimum atomic E-state index is -0.642. The van der Waals surface area contributed by atoms with Crippen LogP contribution in [0.2, 0.25) is 0 Å². The first-order valence-corrected chi connectivity index (χ1v) is 11.6. The number of ether oxygens (including phenoxy) is 1. The molecule has 2 heterocycles. The standard InChI is InChI=1S/C27H29N5O3/c1-15-12-29-13-21(16(15)2)18-8-19-11-24(32-25(33)20-9-17(20)6-7-28)30-14-22(19)23(10-18)31-26(34)35-27(3,4)5/h8,10-14,17,20H,6,9H2,1-5H3,(H,31,34)(H,30,32,33)/t17-,20-/m0/s1. The minimum absolute atomic E-state index is 0.119. The first kappa shape index (κ1) is 24.1. The Morgan fingerprint density at radius 1 is 1.14 bits per heavy atom. The molecule has 2 N–H and O–H groups in total. The Morgan fingerprint density at radius 2 is 1.91 bits per heavy atom. The van der Waals surface area contributed by atoms with Crippen LogP contribution in [0.15, 0.2) is 36.8 Å². The molecular formula is C27H29N5O3. The van der Waals surface area contributed by atoms with E-state index in [0.717, 1.165) is 34.1 Å². The number of nitriles is 1. The highest BCUT2D eigenvalue weighted by Crippen LogP contribution is 2.42. The highest BCUT2D eigenvalue weighted by atomic mass is 16.6. The number of amides is 2. The van der Waals surface area contributed by atoms with Gasteiger partial charge in [0.05, 0.1) is 11.8 Å². The summed E-state index contributed by atoms with van der Waals surface area (Å²) in [6, 6.07) is 7.79. The number of nitrogens with zero attached hydrogens (tertiary/aromatic N) is 3. The smallest absolute Gasteiger partial charge is 0.412 e. The fourth-order valence-electron chi connectivity index (χ4n) is 4.05. The van der Waals surface area contributed by atoms with Gasteiger partial charge in [-0.05, 0) is 87.2 Å². The zero-order chi connectivity index (χ0) is 25.3. The molecule has 2 amide bonds. The summed E-state index contributed by atoms with van der Waals surface area (Å²) in [6.07, 6.45) is 5.78. The number of anilines is 2. The Balaban J connectivity index is 1.72. The van der Waals surface area contributed by atoms with Gasteiger partial charge in [-0.2, -0.15) is 5.26 Å². The quantitative estimate of drug-likeness (QED) is 0.489. The lowest BCUT2D eigenvalue weighted by Gasteiger charge is -2.20. The molecule has 180 valence electrons. The lowest BCUT2D eigenvalue weighted by Crippen LogP contribution is -2.27. The van der Waals surface area contributed by atoms with Gasteiger partial charge in [0.1, 0.15) is 11.4 Å². The molecule has 0 unspecified atom stereocenters. The van der Waals surface area contributed by atoms with Gasteiger partial charge in [-0.25, -0.2) is 9.78 Å². The van der Waals surface area contributed by atoms with Crippen molar-refractivity contribution in [1.29, 1.82) is 5.26 Å². The van der Waals surface area contributed by atoms with Gasteiger partial charge in [0.15, 0.2) is 0 Å². The number of aryl methyl sites for hydroxylation is 1. The van der Waals surface area contributed by atoms with E-state index >= 15 is 0 Å². The monoisotopic (exact) mass is 471 g/mol. The van der Waals surface area contributed by atoms with Crippen LogP contribution >= 0.6 is 0 Å². The SMILES string of the molecule is Cc1cncc(-c2cc(NC(=O)OC(C)(C)C)c3cnc(NC(=O)[C@H]4C[C@@H]4CC#N)cc3c2)c1C. The van der Waals surface area contributed by atoms with Gasteiger partial charge in [0.25, 0.3) is 0 Å². The lowest BCUT2D eigenvalue weighted by molar-refractivity contribution is -0.117. The number of hydrogen-bond donors (Lipinski definition) is 2. The molecule has 0 saturated heterocycles. The molecule has 4 rings (SSSR count). The van der Waals surface area contributed by atoms with Crippen LogP contribution < -0.4 is 10.6 Å². The Labute approximate surface area is 204 Å². The maximum Gasteiger partial charge on any atom is 0.412 e. The second-order valence-electron chi connectivity index (χ2n) is 10.0. The van der Waals surface area contributed by atoms with E-state index in [9.17, 15) is 9.59 Å². The molecule has 3 aromatic rings. The van der Waals surface area contributed by atoms with E-state index in [2.05, 4.69) is 26.7 Å². The van der Waals surface area contributed by atoms with Crippen molar-refractivity contribution in [3.05, 3.63) is 47.9 Å². The molecular weight excluding hydrogens is 442 g/mol. The van der Waals surface area contributed by atoms with Gasteiger partial charge >= 0.3 is 6.09 Å². The maximum absolute atomic E-state index is 12.6. The van der Waals surface area contributed by atoms with Crippen molar-refractivity contribution in [3.8, 4) is 17.2 Å². The predicted molar refractivity (Wildman–Crippen MR) is 135 cm³/mol. The maximum atomic E-state index is 12.6. The van der Waals surface area contributed by atoms with Crippen LogP contribution in [0.25, 0.3) is 21.9 Å². The Morgan fingerprint density at radius 3 is 2.63 bits per heavy atom. The number of benzene rings is 1. The summed E-state index contributed by atoms with van der Waals surface area (Å²) in [5, 5.41) is 16.1. The van der Waals surface area contributed by atoms with E-state index in [1.807, 2.05) is 32.2 Å². The first-order chi connectivity index (χ1) is 16.6. The number of fused-ring (bicyclic) bond motifs is 1. The highest BCUT2D eigenvalue weighted by molar-refractivity contribution is 6.04. The van der Waals surface area contributed by atoms with E-state index in [1.165, 1.54) is 0 Å². The van der Waals surface area contributed by atoms with Crippen molar-refractivity contribution in [2.24, 2.45) is 11.8 Å². The summed E-state index contributed by atoms with van der Waals surface area (Å²) >= 11 is 0. The van der Waals surface area contributed by atoms with Gasteiger partial charge in [-0.15, -0.1) is 0 Å². The Bertz CT molecular complexity index is 1350. The summed E-state index contributed by atoms with van der Waals surface area (Å²) in [4.78, 5) is 33.9. The molecule has 35 heavy (non-hydrogen) atoms. The molecule has 0 aliphatic heterocycles. The molecule has 0 bridgehead atoms. The fourth-order valence-corrected chi connectivity index (χ4v) is 4.05. The van der Waals surface area contributed by atoms with Crippen molar-refractivity contribution in [3.63, 3.8) is 0 Å². The topological polar surface area (TPSA) is 117 Å². The van der Waals surface area contributed by atoms with Gasteiger partial charge < -0.3 is 10.1 Å². The second-order valence-corrected chi connectivity index (χ2v) is 10.0. The Kier molecular flexibility index (Phi) is 6.44. The normalized spacial score (nSPS) is 16.9. The number of carbonyl (C=O) groups excluding carboxylic acids is 2. The third-order valence-electron chi connectivity index (χ3n) is 6.12. The average molecular weight is 472 g/mol. The summed E-state index contributed by atoms with van der Waals surface area (Å²) in [5.41, 5.74) is 3.87. The summed E-state index contributed by atoms with van der Waals surface area (Å²) in [7, 11) is 0. The number of nitrogens with one attached hydrogen (secondary N) is 2. The minimum Gasteiger partial charge on any atom is -0.444 e. The number of carbonyl (C=O) groups is 2. The average Bonchev–Trinajstić information content (AvgIpc) is 3.54. The van der Waals surface area contributed by atoms with E-state index in [1.54, 1.807) is 39.2 Å². The largest absolute Gasteiger partial charge is 0.444 e. The molecule has 0 spiro atoms. The zero-order valence-corrected chi connectivity index (χ0v) is 20.6. The van der Waals surface area contributed by atoms with Crippen LogP contribution in [0.3, 0.4) is 0 Å². The molecule has 1 fully saturated rings. The number of aromatic nitrogens is 2. The molecule has 2 aromatic heterocycles. The molecule has 1 aliphatic carbocycles. The molecule has 0 radical (unpaired) electrons. The molecule has 2 atom stereocenters. The fraction of sp³-hybridized carbons (Fsp3) is 0.370. The van der Waals surface area contributed by atoms with Crippen LogP contribution in [0.1, 0.15) is 44.7 Å². The second kappa shape index (κ2) is 9.34.